The number of sulfone groups is 1. The first-order valence-electron chi connectivity index (χ1n) is 8.28. The first-order chi connectivity index (χ1) is 11.6. The van der Waals surface area contributed by atoms with Crippen molar-refractivity contribution in [3.05, 3.63) is 47.1 Å². The minimum absolute atomic E-state index is 0.0199. The Morgan fingerprint density at radius 3 is 1.92 bits per heavy atom. The number of morpholine rings is 2. The molecule has 2 heterocycles. The number of hydrogen-bond donors (Lipinski definition) is 0. The van der Waals surface area contributed by atoms with Crippen LogP contribution in [0.15, 0.2) is 41.6 Å². The van der Waals surface area contributed by atoms with Crippen molar-refractivity contribution in [1.29, 1.82) is 0 Å². The Morgan fingerprint density at radius 2 is 1.42 bits per heavy atom. The highest BCUT2D eigenvalue weighted by Gasteiger charge is 2.24. The van der Waals surface area contributed by atoms with Gasteiger partial charge in [-0.3, -0.25) is 0 Å². The van der Waals surface area contributed by atoms with E-state index in [0.717, 1.165) is 11.4 Å². The quantitative estimate of drug-likeness (QED) is 0.790. The molecule has 3 rings (SSSR count). The second-order valence-electron chi connectivity index (χ2n) is 5.97. The molecule has 2 aliphatic rings. The number of benzene rings is 1. The van der Waals surface area contributed by atoms with Crippen molar-refractivity contribution in [1.82, 2.24) is 9.80 Å². The molecule has 132 valence electrons. The lowest BCUT2D eigenvalue weighted by atomic mass is 10.2. The van der Waals surface area contributed by atoms with Gasteiger partial charge < -0.3 is 19.3 Å². The van der Waals surface area contributed by atoms with Crippen LogP contribution in [0.4, 0.5) is 0 Å². The largest absolute Gasteiger partial charge is 0.378 e. The molecule has 1 aromatic rings. The first kappa shape index (κ1) is 17.3. The fraction of sp³-hybridized carbons (Fsp3) is 0.529. The molecule has 7 heteroatoms. The summed E-state index contributed by atoms with van der Waals surface area (Å²) in [7, 11) is -3.36. The molecule has 0 atom stereocenters. The highest BCUT2D eigenvalue weighted by molar-refractivity contribution is 7.93. The van der Waals surface area contributed by atoms with Gasteiger partial charge in [0.25, 0.3) is 0 Å². The third-order valence-corrected chi connectivity index (χ3v) is 5.47. The van der Waals surface area contributed by atoms with Gasteiger partial charge in [0.15, 0.2) is 9.84 Å². The van der Waals surface area contributed by atoms with E-state index >= 15 is 0 Å². The molecular weight excluding hydrogens is 328 g/mol. The number of rotatable bonds is 5. The summed E-state index contributed by atoms with van der Waals surface area (Å²) in [5.41, 5.74) is 0.803. The Hall–Kier alpha value is -1.57. The summed E-state index contributed by atoms with van der Waals surface area (Å²) in [5.74, 6) is 0.795. The molecule has 24 heavy (non-hydrogen) atoms. The first-order valence-corrected chi connectivity index (χ1v) is 9.99. The van der Waals surface area contributed by atoms with E-state index in [4.69, 9.17) is 9.47 Å². The highest BCUT2D eigenvalue weighted by atomic mass is 32.2. The van der Waals surface area contributed by atoms with Crippen molar-refractivity contribution in [2.45, 2.75) is 5.75 Å². The van der Waals surface area contributed by atoms with Crippen LogP contribution < -0.4 is 0 Å². The molecule has 0 spiro atoms. The molecule has 2 aliphatic heterocycles. The van der Waals surface area contributed by atoms with E-state index in [0.29, 0.717) is 52.6 Å². The maximum Gasteiger partial charge on any atom is 0.179 e. The molecule has 2 saturated heterocycles. The summed E-state index contributed by atoms with van der Waals surface area (Å²) in [6.07, 6.45) is 0. The Labute approximate surface area is 143 Å². The van der Waals surface area contributed by atoms with Gasteiger partial charge in [-0.15, -0.1) is 0 Å². The van der Waals surface area contributed by atoms with Gasteiger partial charge in [0.2, 0.25) is 0 Å². The Balaban J connectivity index is 1.83. The lowest BCUT2D eigenvalue weighted by molar-refractivity contribution is 0.00889. The van der Waals surface area contributed by atoms with Gasteiger partial charge in [-0.05, 0) is 5.56 Å². The monoisotopic (exact) mass is 352 g/mol. The SMILES string of the molecule is O=S(=O)(C=C(N1CCOCC1)N1CCOCC1)Cc1ccccc1. The average molecular weight is 352 g/mol. The van der Waals surface area contributed by atoms with E-state index < -0.39 is 9.84 Å². The van der Waals surface area contributed by atoms with E-state index in [-0.39, 0.29) is 5.75 Å². The van der Waals surface area contributed by atoms with Crippen molar-refractivity contribution >= 4 is 9.84 Å². The second-order valence-corrected chi connectivity index (χ2v) is 7.82. The molecule has 0 amide bonds. The molecule has 0 unspecified atom stereocenters. The Kier molecular flexibility index (Phi) is 5.76. The summed E-state index contributed by atoms with van der Waals surface area (Å²) < 4.78 is 36.2. The standard InChI is InChI=1S/C17H24N2O4S/c20-24(21,14-16-4-2-1-3-5-16)15-17(18-6-10-22-11-7-18)19-8-12-23-13-9-19/h1-5,15H,6-14H2. The summed E-state index contributed by atoms with van der Waals surface area (Å²) in [6, 6.07) is 9.29. The highest BCUT2D eigenvalue weighted by Crippen LogP contribution is 2.18. The molecule has 0 aromatic heterocycles. The van der Waals surface area contributed by atoms with Crippen molar-refractivity contribution in [3.63, 3.8) is 0 Å². The van der Waals surface area contributed by atoms with Crippen LogP contribution in [0.25, 0.3) is 0 Å². The maximum atomic E-state index is 12.7. The average Bonchev–Trinajstić information content (AvgIpc) is 2.62. The zero-order chi connectivity index (χ0) is 16.8. The minimum Gasteiger partial charge on any atom is -0.378 e. The molecule has 0 bridgehead atoms. The van der Waals surface area contributed by atoms with Crippen LogP contribution in [-0.4, -0.2) is 70.8 Å². The van der Waals surface area contributed by atoms with Crippen LogP contribution in [0.5, 0.6) is 0 Å². The van der Waals surface area contributed by atoms with Crippen LogP contribution in [0.1, 0.15) is 5.56 Å². The maximum absolute atomic E-state index is 12.7. The van der Waals surface area contributed by atoms with E-state index in [1.165, 1.54) is 5.41 Å². The summed E-state index contributed by atoms with van der Waals surface area (Å²) in [6.45, 7) is 5.35. The molecule has 0 N–H and O–H groups in total. The normalized spacial score (nSPS) is 19.2. The molecule has 1 aromatic carbocycles. The zero-order valence-electron chi connectivity index (χ0n) is 13.8. The second kappa shape index (κ2) is 8.00. The van der Waals surface area contributed by atoms with Crippen molar-refractivity contribution in [2.24, 2.45) is 0 Å². The van der Waals surface area contributed by atoms with Crippen LogP contribution in [0.3, 0.4) is 0 Å². The van der Waals surface area contributed by atoms with Gasteiger partial charge in [-0.25, -0.2) is 8.42 Å². The molecule has 6 nitrogen and oxygen atoms in total. The molecule has 0 radical (unpaired) electrons. The lowest BCUT2D eigenvalue weighted by Gasteiger charge is -2.39. The Morgan fingerprint density at radius 1 is 0.917 bits per heavy atom. The van der Waals surface area contributed by atoms with Crippen molar-refractivity contribution in [2.75, 3.05) is 52.6 Å². The Bertz CT molecular complexity index is 628. The third kappa shape index (κ3) is 4.72. The summed E-state index contributed by atoms with van der Waals surface area (Å²) in [4.78, 5) is 4.22. The van der Waals surface area contributed by atoms with Gasteiger partial charge in [-0.1, -0.05) is 30.3 Å². The van der Waals surface area contributed by atoms with Gasteiger partial charge in [0, 0.05) is 26.2 Å². The number of nitrogens with zero attached hydrogens (tertiary/aromatic N) is 2. The van der Waals surface area contributed by atoms with Gasteiger partial charge in [0.05, 0.1) is 37.6 Å². The van der Waals surface area contributed by atoms with Crippen molar-refractivity contribution in [3.8, 4) is 0 Å². The molecule has 2 fully saturated rings. The number of hydrogen-bond acceptors (Lipinski definition) is 6. The molecule has 0 aliphatic carbocycles. The van der Waals surface area contributed by atoms with Crippen LogP contribution in [0.2, 0.25) is 0 Å². The predicted molar refractivity (Wildman–Crippen MR) is 91.9 cm³/mol. The van der Waals surface area contributed by atoms with Crippen LogP contribution in [-0.2, 0) is 25.1 Å². The van der Waals surface area contributed by atoms with Crippen LogP contribution in [0, 0.1) is 0 Å². The fourth-order valence-corrected chi connectivity index (χ4v) is 4.30. The van der Waals surface area contributed by atoms with Gasteiger partial charge >= 0.3 is 0 Å². The minimum atomic E-state index is -3.36. The van der Waals surface area contributed by atoms with E-state index in [9.17, 15) is 8.42 Å². The predicted octanol–water partition coefficient (Wildman–Crippen LogP) is 1.06. The van der Waals surface area contributed by atoms with E-state index in [1.54, 1.807) is 0 Å². The van der Waals surface area contributed by atoms with Crippen molar-refractivity contribution < 1.29 is 17.9 Å². The summed E-state index contributed by atoms with van der Waals surface area (Å²) in [5, 5.41) is 1.44. The van der Waals surface area contributed by atoms with Gasteiger partial charge in [0.1, 0.15) is 5.82 Å². The van der Waals surface area contributed by atoms with Gasteiger partial charge in [-0.2, -0.15) is 0 Å². The molecular formula is C17H24N2O4S. The molecule has 0 saturated carbocycles. The topological polar surface area (TPSA) is 59.1 Å². The smallest absolute Gasteiger partial charge is 0.179 e. The third-order valence-electron chi connectivity index (χ3n) is 4.17. The number of ether oxygens (including phenoxy) is 2. The lowest BCUT2D eigenvalue weighted by Crippen LogP contribution is -2.46. The summed E-state index contributed by atoms with van der Waals surface area (Å²) >= 11 is 0. The van der Waals surface area contributed by atoms with Crippen LogP contribution >= 0.6 is 0 Å². The van der Waals surface area contributed by atoms with E-state index in [2.05, 4.69) is 9.80 Å². The van der Waals surface area contributed by atoms with E-state index in [1.807, 2.05) is 30.3 Å². The zero-order valence-corrected chi connectivity index (χ0v) is 14.6. The fourth-order valence-electron chi connectivity index (χ4n) is 2.94.